The van der Waals surface area contributed by atoms with E-state index in [4.69, 9.17) is 19.7 Å². The second kappa shape index (κ2) is 42.9. The number of Topliss-reactive ketones (excluding diaryl/α,β-unsaturated/α-hetero) is 2. The van der Waals surface area contributed by atoms with Crippen LogP contribution in [0.5, 0.6) is 0 Å². The molecule has 12 nitrogen and oxygen atoms in total. The molecule has 8 saturated carbocycles. The van der Waals surface area contributed by atoms with E-state index in [1.807, 2.05) is 78.0 Å². The Balaban J connectivity index is 0.000000184. The van der Waals surface area contributed by atoms with E-state index in [9.17, 15) is 28.8 Å². The maximum atomic E-state index is 12.3. The fourth-order valence-electron chi connectivity index (χ4n) is 22.6. The van der Waals surface area contributed by atoms with E-state index < -0.39 is 5.60 Å². The van der Waals surface area contributed by atoms with Gasteiger partial charge in [0.05, 0.1) is 5.92 Å². The van der Waals surface area contributed by atoms with Gasteiger partial charge >= 0.3 is 11.9 Å². The number of hydrogen-bond donors (Lipinski definition) is 4. The predicted octanol–water partition coefficient (Wildman–Crippen LogP) is 20.8. The molecule has 0 saturated heterocycles. The van der Waals surface area contributed by atoms with E-state index >= 15 is 0 Å². The molecular weight excluding hydrogens is 1370 g/mol. The molecular formula is C98H150N2O10. The first-order chi connectivity index (χ1) is 52.5. The average molecular weight is 1520 g/mol. The number of ketones is 2. The van der Waals surface area contributed by atoms with Gasteiger partial charge in [-0.05, 0) is 292 Å². The quantitative estimate of drug-likeness (QED) is 0.0334. The van der Waals surface area contributed by atoms with Crippen molar-refractivity contribution in [2.45, 2.75) is 248 Å². The zero-order valence-electron chi connectivity index (χ0n) is 70.6. The first-order valence-electron chi connectivity index (χ1n) is 43.7. The molecule has 24 atom stereocenters. The van der Waals surface area contributed by atoms with Gasteiger partial charge in [-0.1, -0.05) is 166 Å². The third kappa shape index (κ3) is 23.2. The van der Waals surface area contributed by atoms with Crippen molar-refractivity contribution in [3.63, 3.8) is 0 Å². The maximum absolute atomic E-state index is 12.3. The lowest BCUT2D eigenvalue weighted by atomic mass is 9.88. The molecule has 612 valence electrons. The summed E-state index contributed by atoms with van der Waals surface area (Å²) in [5.74, 6) is 14.8. The number of hydrogen-bond acceptors (Lipinski definition) is 10. The number of nitrogens with one attached hydrogen (secondary N) is 2. The number of aliphatic hydroxyl groups excluding tert-OH is 2. The lowest BCUT2D eigenvalue weighted by molar-refractivity contribution is -0.160. The van der Waals surface area contributed by atoms with E-state index in [1.165, 1.54) is 64.2 Å². The highest BCUT2D eigenvalue weighted by Gasteiger charge is 2.52. The van der Waals surface area contributed by atoms with Crippen molar-refractivity contribution >= 4 is 35.3 Å². The molecule has 0 heterocycles. The smallest absolute Gasteiger partial charge is 0.334 e. The monoisotopic (exact) mass is 1520 g/mol. The van der Waals surface area contributed by atoms with Crippen LogP contribution < -0.4 is 10.6 Å². The summed E-state index contributed by atoms with van der Waals surface area (Å²) >= 11 is 0. The number of esters is 2. The summed E-state index contributed by atoms with van der Waals surface area (Å²) in [5.41, 5.74) is 2.93. The molecule has 0 aromatic heterocycles. The Labute approximate surface area is 667 Å². The van der Waals surface area contributed by atoms with Gasteiger partial charge in [0.25, 0.3) is 0 Å². The molecule has 8 fully saturated rings. The topological polar surface area (TPSA) is 185 Å². The van der Waals surface area contributed by atoms with Crippen LogP contribution in [0.15, 0.2) is 148 Å². The minimum Gasteiger partial charge on any atom is -0.460 e. The van der Waals surface area contributed by atoms with Gasteiger partial charge < -0.3 is 30.3 Å². The second-order valence-corrected chi connectivity index (χ2v) is 37.0. The molecule has 0 aromatic rings. The van der Waals surface area contributed by atoms with E-state index in [1.54, 1.807) is 0 Å². The molecule has 0 aliphatic heterocycles. The molecule has 0 bridgehead atoms. The van der Waals surface area contributed by atoms with Crippen LogP contribution in [-0.4, -0.2) is 83.0 Å². The zero-order valence-corrected chi connectivity index (χ0v) is 70.6. The van der Waals surface area contributed by atoms with E-state index in [0.717, 1.165) is 167 Å². The van der Waals surface area contributed by atoms with E-state index in [-0.39, 0.29) is 66.0 Å². The van der Waals surface area contributed by atoms with Crippen LogP contribution in [0.1, 0.15) is 237 Å². The van der Waals surface area contributed by atoms with E-state index in [2.05, 4.69) is 141 Å². The van der Waals surface area contributed by atoms with Gasteiger partial charge in [-0.2, -0.15) is 0 Å². The molecule has 4 N–H and O–H groups in total. The van der Waals surface area contributed by atoms with Crippen LogP contribution in [0.4, 0.5) is 0 Å². The van der Waals surface area contributed by atoms with Gasteiger partial charge in [-0.15, -0.1) is 52.6 Å². The first kappa shape index (κ1) is 91.2. The number of amides is 2. The van der Waals surface area contributed by atoms with Gasteiger partial charge in [-0.3, -0.25) is 24.0 Å². The fraction of sp³-hybridized carbons (Fsp3) is 0.694. The summed E-state index contributed by atoms with van der Waals surface area (Å²) in [6.07, 6.45) is 51.8. The minimum absolute atomic E-state index is 0.0139. The summed E-state index contributed by atoms with van der Waals surface area (Å²) in [5, 5.41) is 24.0. The summed E-state index contributed by atoms with van der Waals surface area (Å²) in [6, 6.07) is 0. The second-order valence-electron chi connectivity index (χ2n) is 37.0. The summed E-state index contributed by atoms with van der Waals surface area (Å²) < 4.78 is 11.1. The Morgan fingerprint density at radius 3 is 1.10 bits per heavy atom. The Bertz CT molecular complexity index is 3240. The molecule has 12 rings (SSSR count). The molecule has 0 aromatic carbocycles. The van der Waals surface area contributed by atoms with Gasteiger partial charge in [0.2, 0.25) is 11.8 Å². The van der Waals surface area contributed by atoms with Crippen LogP contribution in [0, 0.1) is 154 Å². The lowest BCUT2D eigenvalue weighted by Crippen LogP contribution is -2.28. The zero-order chi connectivity index (χ0) is 80.9. The summed E-state index contributed by atoms with van der Waals surface area (Å²) in [7, 11) is 0. The molecule has 24 unspecified atom stereocenters. The summed E-state index contributed by atoms with van der Waals surface area (Å²) in [6.45, 7) is 57.4. The predicted molar refractivity (Wildman–Crippen MR) is 451 cm³/mol. The number of carbonyl (C=O) groups is 6. The number of aliphatic hydroxyl groups is 2. The van der Waals surface area contributed by atoms with Crippen LogP contribution in [-0.2, 0) is 38.2 Å². The average Bonchev–Trinajstić information content (AvgIpc) is 1.68. The van der Waals surface area contributed by atoms with Crippen molar-refractivity contribution in [3.8, 4) is 0 Å². The number of fused-ring (bicyclic) bond motifs is 6. The number of rotatable bonds is 28. The van der Waals surface area contributed by atoms with Gasteiger partial charge in [0.15, 0.2) is 11.6 Å². The molecule has 2 amide bonds. The molecule has 12 aliphatic rings. The normalized spacial score (nSPS) is 35.4. The highest BCUT2D eigenvalue weighted by Crippen LogP contribution is 2.58. The van der Waals surface area contributed by atoms with Crippen LogP contribution in [0.25, 0.3) is 0 Å². The van der Waals surface area contributed by atoms with Crippen molar-refractivity contribution < 1.29 is 48.5 Å². The standard InChI is InChI=1S/C18H31NO.C18H27NO.C17H30O2.C17H24O2.C14H20O2.C14H18O2/c2*1-4-7-8-9-19-18(20)15-11-16-13(5-2)10-14(6-3)17(16)12-15;2*1-6-11-8-12(7-2)15-10-13(9-14(11)15)16(18)19-17(3,4)5;2*1-3-9-5-10(4-2)13-7-11(6-12(9)13)14(16)8-15/h11,13-14,16-17H,4-10,12H2,1-3H3,(H,19,20);5-6,11,13-14,16-17H,2-4,7-10,12H2,1H3,(H,19,20);11-15H,6-10H2,1-5H3;6-7,9,11-12,14-15H,1-2,8,10H2,3-5H3;3-4,9-13,15H,1-2,5-8H2;3-4,6,9-10,12-13,15H,1-2,5,7-8H2. The Morgan fingerprint density at radius 2 is 0.718 bits per heavy atom. The van der Waals surface area contributed by atoms with Crippen molar-refractivity contribution in [2.24, 2.45) is 154 Å². The van der Waals surface area contributed by atoms with Crippen LogP contribution in [0.2, 0.25) is 0 Å². The fourth-order valence-corrected chi connectivity index (χ4v) is 22.6. The van der Waals surface area contributed by atoms with E-state index in [0.29, 0.717) is 101 Å². The molecule has 110 heavy (non-hydrogen) atoms. The summed E-state index contributed by atoms with van der Waals surface area (Å²) in [4.78, 5) is 71.8. The molecule has 12 heteroatoms. The van der Waals surface area contributed by atoms with Gasteiger partial charge in [0.1, 0.15) is 24.4 Å². The Kier molecular flexibility index (Phi) is 35.6. The third-order valence-electron chi connectivity index (χ3n) is 28.4. The molecule has 12 aliphatic carbocycles. The number of ether oxygens (including phenoxy) is 2. The van der Waals surface area contributed by atoms with Crippen LogP contribution >= 0.6 is 0 Å². The highest BCUT2D eigenvalue weighted by atomic mass is 16.6. The van der Waals surface area contributed by atoms with Crippen molar-refractivity contribution in [1.82, 2.24) is 10.6 Å². The largest absolute Gasteiger partial charge is 0.460 e. The molecule has 0 spiro atoms. The van der Waals surface area contributed by atoms with Gasteiger partial charge in [0, 0.05) is 35.7 Å². The lowest BCUT2D eigenvalue weighted by Gasteiger charge is -2.23. The highest BCUT2D eigenvalue weighted by molar-refractivity contribution is 5.97. The number of unbranched alkanes of at least 4 members (excludes halogenated alkanes) is 4. The van der Waals surface area contributed by atoms with Gasteiger partial charge in [-0.25, -0.2) is 4.79 Å². The molecule has 0 radical (unpaired) electrons. The SMILES string of the molecule is C=CC1CC(C=C)C2CC(C(=O)CO)=CC12.C=CC1CC(C=C)C2CC(C(=O)CO)CC12.C=CC1CC(C=C)C2CC(C(=O)NCCCCC)=CC12.C=CC1CC(C=C)C2CC(C(=O)OC(C)(C)C)=CC12.CCC1CC(CC)C2CC(C(=O)OC(C)(C)C)CC12.CCCCCNC(=O)C1=CC2C(CC)CC(CC)C2C1. The first-order valence-corrected chi connectivity index (χ1v) is 43.7. The minimum atomic E-state index is -0.425. The van der Waals surface area contributed by atoms with Crippen LogP contribution in [0.3, 0.4) is 0 Å². The van der Waals surface area contributed by atoms with Crippen molar-refractivity contribution in [1.29, 1.82) is 0 Å². The maximum Gasteiger partial charge on any atom is 0.334 e. The Hall–Kier alpha value is -5.98. The van der Waals surface area contributed by atoms with Crippen molar-refractivity contribution in [3.05, 3.63) is 148 Å². The number of allylic oxidation sites excluding steroid dienone is 12. The van der Waals surface area contributed by atoms with Crippen molar-refractivity contribution in [2.75, 3.05) is 26.3 Å². The number of carbonyl (C=O) groups excluding carboxylic acids is 6. The Morgan fingerprint density at radius 1 is 0.382 bits per heavy atom. The third-order valence-corrected chi connectivity index (χ3v) is 28.4.